The fourth-order valence-corrected chi connectivity index (χ4v) is 3.13. The van der Waals surface area contributed by atoms with Crippen LogP contribution in [0.4, 0.5) is 0 Å². The van der Waals surface area contributed by atoms with Crippen LogP contribution in [0.3, 0.4) is 0 Å². The molecule has 6 nitrogen and oxygen atoms in total. The highest BCUT2D eigenvalue weighted by molar-refractivity contribution is 7.87. The Morgan fingerprint density at radius 1 is 1.15 bits per heavy atom. The van der Waals surface area contributed by atoms with Crippen LogP contribution in [0, 0.1) is 0 Å². The first kappa shape index (κ1) is 17.8. The molecule has 1 saturated carbocycles. The lowest BCUT2D eigenvalue weighted by Crippen LogP contribution is -2.43. The molecule has 0 heterocycles. The third kappa shape index (κ3) is 6.49. The maximum absolute atomic E-state index is 12.0. The lowest BCUT2D eigenvalue weighted by atomic mass is 10.4. The van der Waals surface area contributed by atoms with Gasteiger partial charge in [-0.15, -0.1) is 0 Å². The van der Waals surface area contributed by atoms with Crippen molar-refractivity contribution in [3.63, 3.8) is 0 Å². The normalized spacial score (nSPS) is 16.2. The largest absolute Gasteiger partial charge is 0.317 e. The molecule has 0 bridgehead atoms. The lowest BCUT2D eigenvalue weighted by molar-refractivity contribution is 0.281. The van der Waals surface area contributed by atoms with Crippen molar-refractivity contribution in [3.05, 3.63) is 0 Å². The summed E-state index contributed by atoms with van der Waals surface area (Å²) in [5.41, 5.74) is 0. The van der Waals surface area contributed by atoms with Crippen LogP contribution in [-0.2, 0) is 10.2 Å². The highest BCUT2D eigenvalue weighted by Crippen LogP contribution is 2.25. The van der Waals surface area contributed by atoms with E-state index in [9.17, 15) is 8.42 Å². The maximum Gasteiger partial charge on any atom is 0.279 e. The number of hydrogen-bond donors (Lipinski definition) is 2. The molecule has 1 rings (SSSR count). The topological polar surface area (TPSA) is 64.7 Å². The molecule has 0 spiro atoms. The van der Waals surface area contributed by atoms with Crippen LogP contribution < -0.4 is 10.0 Å². The summed E-state index contributed by atoms with van der Waals surface area (Å²) in [6.07, 6.45) is 3.34. The Hall–Kier alpha value is -0.210. The van der Waals surface area contributed by atoms with E-state index in [1.54, 1.807) is 7.05 Å². The average Bonchev–Trinajstić information content (AvgIpc) is 3.24. The van der Waals surface area contributed by atoms with E-state index >= 15 is 0 Å². The second-order valence-corrected chi connectivity index (χ2v) is 7.15. The zero-order valence-electron chi connectivity index (χ0n) is 13.1. The summed E-state index contributed by atoms with van der Waals surface area (Å²) in [6, 6.07) is 0.683. The first-order chi connectivity index (χ1) is 9.51. The van der Waals surface area contributed by atoms with E-state index in [1.165, 1.54) is 17.1 Å². The van der Waals surface area contributed by atoms with Crippen molar-refractivity contribution >= 4 is 10.2 Å². The van der Waals surface area contributed by atoms with Crippen molar-refractivity contribution in [2.45, 2.75) is 39.2 Å². The van der Waals surface area contributed by atoms with Gasteiger partial charge in [-0.05, 0) is 38.9 Å². The van der Waals surface area contributed by atoms with Gasteiger partial charge in [0.1, 0.15) is 0 Å². The third-order valence-electron chi connectivity index (χ3n) is 3.64. The fourth-order valence-electron chi connectivity index (χ4n) is 2.19. The zero-order valence-corrected chi connectivity index (χ0v) is 13.9. The van der Waals surface area contributed by atoms with Crippen LogP contribution in [0.2, 0.25) is 0 Å². The van der Waals surface area contributed by atoms with E-state index in [-0.39, 0.29) is 0 Å². The summed E-state index contributed by atoms with van der Waals surface area (Å²) in [5, 5.41) is 3.19. The Morgan fingerprint density at radius 2 is 1.85 bits per heavy atom. The van der Waals surface area contributed by atoms with Crippen molar-refractivity contribution in [1.82, 2.24) is 19.2 Å². The fraction of sp³-hybridized carbons (Fsp3) is 1.00. The van der Waals surface area contributed by atoms with Crippen LogP contribution in [0.1, 0.15) is 33.1 Å². The molecule has 1 aliphatic rings. The highest BCUT2D eigenvalue weighted by Gasteiger charge is 2.27. The van der Waals surface area contributed by atoms with Gasteiger partial charge in [0.2, 0.25) is 0 Å². The van der Waals surface area contributed by atoms with E-state index in [0.717, 1.165) is 32.6 Å². The minimum atomic E-state index is -3.33. The molecule has 0 radical (unpaired) electrons. The van der Waals surface area contributed by atoms with Gasteiger partial charge in [0.25, 0.3) is 10.2 Å². The smallest absolute Gasteiger partial charge is 0.279 e. The first-order valence-corrected chi connectivity index (χ1v) is 9.11. The van der Waals surface area contributed by atoms with Crippen molar-refractivity contribution in [3.8, 4) is 0 Å². The van der Waals surface area contributed by atoms with Gasteiger partial charge in [-0.25, -0.2) is 4.72 Å². The molecule has 0 saturated heterocycles. The van der Waals surface area contributed by atoms with Crippen LogP contribution in [0.25, 0.3) is 0 Å². The minimum Gasteiger partial charge on any atom is -0.317 e. The highest BCUT2D eigenvalue weighted by atomic mass is 32.2. The molecule has 1 fully saturated rings. The summed E-state index contributed by atoms with van der Waals surface area (Å²) in [5.74, 6) is 0. The summed E-state index contributed by atoms with van der Waals surface area (Å²) >= 11 is 0. The number of likely N-dealkylation sites (N-methyl/N-ethyl adjacent to an activating group) is 1. The maximum atomic E-state index is 12.0. The summed E-state index contributed by atoms with van der Waals surface area (Å²) < 4.78 is 28.1. The van der Waals surface area contributed by atoms with Gasteiger partial charge < -0.3 is 5.32 Å². The minimum absolute atomic E-state index is 0.490. The van der Waals surface area contributed by atoms with Crippen molar-refractivity contribution in [2.75, 3.05) is 46.3 Å². The van der Waals surface area contributed by atoms with Crippen molar-refractivity contribution in [1.29, 1.82) is 0 Å². The van der Waals surface area contributed by atoms with E-state index < -0.39 is 10.2 Å². The molecule has 20 heavy (non-hydrogen) atoms. The average molecular weight is 306 g/mol. The molecular formula is C13H30N4O2S. The lowest BCUT2D eigenvalue weighted by Gasteiger charge is -2.22. The van der Waals surface area contributed by atoms with Gasteiger partial charge in [-0.3, -0.25) is 4.90 Å². The molecule has 120 valence electrons. The van der Waals surface area contributed by atoms with E-state index in [2.05, 4.69) is 21.9 Å². The standard InChI is InChI=1S/C13H30N4O2S/c1-4-14-9-6-11-16(3)20(18,19)15-10-12-17(5-2)13-7-8-13/h13-15H,4-12H2,1-3H3. The molecule has 1 aliphatic carbocycles. The van der Waals surface area contributed by atoms with Gasteiger partial charge in [-0.1, -0.05) is 13.8 Å². The number of hydrogen-bond acceptors (Lipinski definition) is 4. The summed E-state index contributed by atoms with van der Waals surface area (Å²) in [7, 11) is -1.70. The van der Waals surface area contributed by atoms with Gasteiger partial charge in [0.05, 0.1) is 0 Å². The van der Waals surface area contributed by atoms with Gasteiger partial charge >= 0.3 is 0 Å². The molecule has 0 unspecified atom stereocenters. The predicted molar refractivity (Wildman–Crippen MR) is 83.0 cm³/mol. The molecule has 7 heteroatoms. The van der Waals surface area contributed by atoms with Crippen LogP contribution in [-0.4, -0.2) is 70.0 Å². The Kier molecular flexibility index (Phi) is 7.98. The van der Waals surface area contributed by atoms with E-state index in [1.807, 2.05) is 6.92 Å². The van der Waals surface area contributed by atoms with E-state index in [0.29, 0.717) is 19.1 Å². The number of rotatable bonds is 12. The second-order valence-electron chi connectivity index (χ2n) is 5.29. The summed E-state index contributed by atoms with van der Waals surface area (Å²) in [4.78, 5) is 2.34. The monoisotopic (exact) mass is 306 g/mol. The quantitative estimate of drug-likeness (QED) is 0.507. The first-order valence-electron chi connectivity index (χ1n) is 7.67. The van der Waals surface area contributed by atoms with Crippen LogP contribution in [0.5, 0.6) is 0 Å². The second kappa shape index (κ2) is 8.94. The van der Waals surface area contributed by atoms with Crippen LogP contribution >= 0.6 is 0 Å². The Bertz CT molecular complexity index is 357. The van der Waals surface area contributed by atoms with E-state index in [4.69, 9.17) is 0 Å². The van der Waals surface area contributed by atoms with Gasteiger partial charge in [0, 0.05) is 32.7 Å². The van der Waals surface area contributed by atoms with Gasteiger partial charge in [0.15, 0.2) is 0 Å². The van der Waals surface area contributed by atoms with Crippen LogP contribution in [0.15, 0.2) is 0 Å². The summed E-state index contributed by atoms with van der Waals surface area (Å²) in [6.45, 7) is 8.76. The zero-order chi connectivity index (χ0) is 15.0. The van der Waals surface area contributed by atoms with Crippen molar-refractivity contribution in [2.24, 2.45) is 0 Å². The molecular weight excluding hydrogens is 276 g/mol. The number of nitrogens with one attached hydrogen (secondary N) is 2. The Morgan fingerprint density at radius 3 is 2.40 bits per heavy atom. The molecule has 0 aromatic heterocycles. The molecule has 0 aliphatic heterocycles. The number of nitrogens with zero attached hydrogens (tertiary/aromatic N) is 2. The molecule has 0 aromatic rings. The van der Waals surface area contributed by atoms with Crippen molar-refractivity contribution < 1.29 is 8.42 Å². The molecule has 0 aromatic carbocycles. The Balaban J connectivity index is 2.21. The molecule has 2 N–H and O–H groups in total. The SMILES string of the molecule is CCNCCCN(C)S(=O)(=O)NCCN(CC)C1CC1. The molecule has 0 atom stereocenters. The predicted octanol–water partition coefficient (Wildman–Crippen LogP) is 0.237. The Labute approximate surface area is 124 Å². The van der Waals surface area contributed by atoms with Gasteiger partial charge in [-0.2, -0.15) is 12.7 Å². The third-order valence-corrected chi connectivity index (χ3v) is 5.21. The molecule has 0 amide bonds.